The molecule has 0 heterocycles. The van der Waals surface area contributed by atoms with Crippen LogP contribution in [0.1, 0.15) is 10.4 Å². The Hall–Kier alpha value is -3.72. The van der Waals surface area contributed by atoms with Gasteiger partial charge in [-0.05, 0) is 36.4 Å². The minimum Gasteiger partial charge on any atom is -0.378 e. The number of nitrogens with one attached hydrogen (secondary N) is 1. The first-order valence-corrected chi connectivity index (χ1v) is 9.42. The third-order valence-corrected chi connectivity index (χ3v) is 4.95. The number of nitro groups is 1. The first-order valence-electron chi connectivity index (χ1n) is 8.01. The van der Waals surface area contributed by atoms with Crippen molar-refractivity contribution in [1.29, 1.82) is 0 Å². The number of rotatable bonds is 6. The molecule has 0 atom stereocenters. The average Bonchev–Trinajstić information content (AvgIpc) is 2.69. The van der Waals surface area contributed by atoms with E-state index in [9.17, 15) is 23.3 Å². The molecule has 9 heteroatoms. The molecule has 1 amide bonds. The SMILES string of the molecule is O=C(Nc1ccccc1)c1ccccc1OS(=O)(=O)c1ccc([N+](=O)[O-])cc1. The third kappa shape index (κ3) is 4.33. The average molecular weight is 398 g/mol. The van der Waals surface area contributed by atoms with Gasteiger partial charge in [-0.3, -0.25) is 14.9 Å². The Morgan fingerprint density at radius 1 is 0.893 bits per heavy atom. The summed E-state index contributed by atoms with van der Waals surface area (Å²) >= 11 is 0. The van der Waals surface area contributed by atoms with Gasteiger partial charge in [-0.2, -0.15) is 8.42 Å². The van der Waals surface area contributed by atoms with Gasteiger partial charge >= 0.3 is 10.1 Å². The second kappa shape index (κ2) is 7.89. The topological polar surface area (TPSA) is 116 Å². The Bertz CT molecular complexity index is 1110. The fourth-order valence-corrected chi connectivity index (χ4v) is 3.30. The zero-order chi connectivity index (χ0) is 20.1. The van der Waals surface area contributed by atoms with Gasteiger partial charge in [0, 0.05) is 17.8 Å². The van der Waals surface area contributed by atoms with Crippen molar-refractivity contribution in [1.82, 2.24) is 0 Å². The first kappa shape index (κ1) is 19.1. The van der Waals surface area contributed by atoms with E-state index in [-0.39, 0.29) is 21.9 Å². The minimum atomic E-state index is -4.29. The molecule has 0 radical (unpaired) electrons. The van der Waals surface area contributed by atoms with Gasteiger partial charge in [-0.15, -0.1) is 0 Å². The largest absolute Gasteiger partial charge is 0.378 e. The molecule has 0 saturated heterocycles. The Labute approximate surface area is 160 Å². The summed E-state index contributed by atoms with van der Waals surface area (Å²) in [5, 5.41) is 13.4. The maximum absolute atomic E-state index is 12.5. The summed E-state index contributed by atoms with van der Waals surface area (Å²) < 4.78 is 30.1. The van der Waals surface area contributed by atoms with Gasteiger partial charge in [0.15, 0.2) is 5.75 Å². The molecule has 3 aromatic rings. The number of para-hydroxylation sites is 2. The van der Waals surface area contributed by atoms with Gasteiger partial charge in [-0.1, -0.05) is 30.3 Å². The lowest BCUT2D eigenvalue weighted by molar-refractivity contribution is -0.384. The highest BCUT2D eigenvalue weighted by atomic mass is 32.2. The van der Waals surface area contributed by atoms with Crippen LogP contribution in [0.4, 0.5) is 11.4 Å². The van der Waals surface area contributed by atoms with Gasteiger partial charge in [0.05, 0.1) is 10.5 Å². The fourth-order valence-electron chi connectivity index (χ4n) is 2.35. The maximum atomic E-state index is 12.5. The lowest BCUT2D eigenvalue weighted by Gasteiger charge is -2.11. The molecule has 0 unspecified atom stereocenters. The summed E-state index contributed by atoms with van der Waals surface area (Å²) in [4.78, 5) is 22.3. The van der Waals surface area contributed by atoms with Crippen LogP contribution in [0.5, 0.6) is 5.75 Å². The molecule has 3 aromatic carbocycles. The summed E-state index contributed by atoms with van der Waals surface area (Å²) in [7, 11) is -4.29. The maximum Gasteiger partial charge on any atom is 0.339 e. The number of hydrogen-bond acceptors (Lipinski definition) is 6. The third-order valence-electron chi connectivity index (χ3n) is 3.70. The molecule has 0 aliphatic carbocycles. The number of nitrogens with zero attached hydrogens (tertiary/aromatic N) is 1. The monoisotopic (exact) mass is 398 g/mol. The molecule has 0 spiro atoms. The van der Waals surface area contributed by atoms with Crippen LogP contribution in [0.25, 0.3) is 0 Å². The van der Waals surface area contributed by atoms with Gasteiger partial charge in [0.25, 0.3) is 11.6 Å². The van der Waals surface area contributed by atoms with E-state index in [1.165, 1.54) is 18.2 Å². The molecule has 0 aliphatic heterocycles. The quantitative estimate of drug-likeness (QED) is 0.385. The van der Waals surface area contributed by atoms with Crippen molar-refractivity contribution in [2.75, 3.05) is 5.32 Å². The molecular formula is C19H14N2O6S. The zero-order valence-corrected chi connectivity index (χ0v) is 15.1. The number of anilines is 1. The van der Waals surface area contributed by atoms with Gasteiger partial charge in [0.2, 0.25) is 0 Å². The second-order valence-corrected chi connectivity index (χ2v) is 7.15. The van der Waals surface area contributed by atoms with Gasteiger partial charge in [0.1, 0.15) is 4.90 Å². The Balaban J connectivity index is 1.86. The van der Waals surface area contributed by atoms with Crippen LogP contribution < -0.4 is 9.50 Å². The number of amides is 1. The Kier molecular flexibility index (Phi) is 5.37. The van der Waals surface area contributed by atoms with E-state index >= 15 is 0 Å². The highest BCUT2D eigenvalue weighted by Crippen LogP contribution is 2.25. The lowest BCUT2D eigenvalue weighted by Crippen LogP contribution is -2.16. The minimum absolute atomic E-state index is 0.0249. The summed E-state index contributed by atoms with van der Waals surface area (Å²) in [5.74, 6) is -0.699. The van der Waals surface area contributed by atoms with Crippen LogP contribution in [-0.4, -0.2) is 19.2 Å². The number of non-ortho nitro benzene ring substituents is 1. The number of benzene rings is 3. The van der Waals surface area contributed by atoms with Crippen molar-refractivity contribution in [2.24, 2.45) is 0 Å². The van der Waals surface area contributed by atoms with Crippen molar-refractivity contribution in [2.45, 2.75) is 4.90 Å². The molecule has 28 heavy (non-hydrogen) atoms. The summed E-state index contributed by atoms with van der Waals surface area (Å²) in [6, 6.07) is 18.8. The molecule has 142 valence electrons. The zero-order valence-electron chi connectivity index (χ0n) is 14.3. The molecule has 0 fully saturated rings. The van der Waals surface area contributed by atoms with Crippen molar-refractivity contribution in [3.05, 3.63) is 94.5 Å². The number of nitro benzene ring substituents is 1. The van der Waals surface area contributed by atoms with Crippen LogP contribution in [0.15, 0.2) is 83.8 Å². The molecule has 3 rings (SSSR count). The number of carbonyl (C=O) groups excluding carboxylic acids is 1. The van der Waals surface area contributed by atoms with Crippen molar-refractivity contribution < 1.29 is 22.3 Å². The highest BCUT2D eigenvalue weighted by Gasteiger charge is 2.22. The van der Waals surface area contributed by atoms with Crippen LogP contribution in [0.2, 0.25) is 0 Å². The predicted octanol–water partition coefficient (Wildman–Crippen LogP) is 3.61. The van der Waals surface area contributed by atoms with E-state index in [1.54, 1.807) is 36.4 Å². The predicted molar refractivity (Wildman–Crippen MR) is 102 cm³/mol. The van der Waals surface area contributed by atoms with Crippen LogP contribution in [-0.2, 0) is 10.1 Å². The van der Waals surface area contributed by atoms with Crippen molar-refractivity contribution in [3.8, 4) is 5.75 Å². The van der Waals surface area contributed by atoms with E-state index in [0.717, 1.165) is 24.3 Å². The lowest BCUT2D eigenvalue weighted by atomic mass is 10.2. The highest BCUT2D eigenvalue weighted by molar-refractivity contribution is 7.87. The van der Waals surface area contributed by atoms with Crippen molar-refractivity contribution in [3.63, 3.8) is 0 Å². The Morgan fingerprint density at radius 2 is 1.50 bits per heavy atom. The van der Waals surface area contributed by atoms with Gasteiger partial charge < -0.3 is 9.50 Å². The standard InChI is InChI=1S/C19H14N2O6S/c22-19(20-14-6-2-1-3-7-14)17-8-4-5-9-18(17)27-28(25,26)16-12-10-15(11-13-16)21(23)24/h1-13H,(H,20,22). The van der Waals surface area contributed by atoms with Crippen molar-refractivity contribution >= 4 is 27.4 Å². The molecule has 0 aliphatic rings. The van der Waals surface area contributed by atoms with Crippen LogP contribution >= 0.6 is 0 Å². The summed E-state index contributed by atoms with van der Waals surface area (Å²) in [5.41, 5.74) is 0.318. The molecule has 1 N–H and O–H groups in total. The van der Waals surface area contributed by atoms with Gasteiger partial charge in [-0.25, -0.2) is 0 Å². The molecule has 0 bridgehead atoms. The summed E-state index contributed by atoms with van der Waals surface area (Å²) in [6.07, 6.45) is 0. The second-order valence-electron chi connectivity index (χ2n) is 5.60. The molecular weight excluding hydrogens is 384 g/mol. The van der Waals surface area contributed by atoms with E-state index in [1.807, 2.05) is 0 Å². The Morgan fingerprint density at radius 3 is 2.14 bits per heavy atom. The van der Waals surface area contributed by atoms with E-state index in [4.69, 9.17) is 4.18 Å². The summed E-state index contributed by atoms with van der Waals surface area (Å²) in [6.45, 7) is 0. The van der Waals surface area contributed by atoms with E-state index in [2.05, 4.69) is 5.32 Å². The fraction of sp³-hybridized carbons (Fsp3) is 0. The van der Waals surface area contributed by atoms with E-state index in [0.29, 0.717) is 5.69 Å². The van der Waals surface area contributed by atoms with E-state index < -0.39 is 20.9 Å². The normalized spacial score (nSPS) is 10.9. The molecule has 8 nitrogen and oxygen atoms in total. The molecule has 0 aromatic heterocycles. The first-order chi connectivity index (χ1) is 13.4. The number of hydrogen-bond donors (Lipinski definition) is 1. The number of carbonyl (C=O) groups is 1. The van der Waals surface area contributed by atoms with Crippen LogP contribution in [0, 0.1) is 10.1 Å². The smallest absolute Gasteiger partial charge is 0.339 e. The molecule has 0 saturated carbocycles. The van der Waals surface area contributed by atoms with Crippen LogP contribution in [0.3, 0.4) is 0 Å².